The molecule has 3 aromatic rings. The van der Waals surface area contributed by atoms with Gasteiger partial charge in [0.25, 0.3) is 0 Å². The number of pyridine rings is 1. The van der Waals surface area contributed by atoms with Crippen LogP contribution in [0.4, 0.5) is 4.79 Å². The molecule has 1 N–H and O–H groups in total. The topological polar surface area (TPSA) is 58.4 Å². The molecular formula is C23H27N3O2. The maximum atomic E-state index is 13.2. The van der Waals surface area contributed by atoms with Crippen LogP contribution in [0.5, 0.6) is 0 Å². The largest absolute Gasteiger partial charge is 0.459 e. The van der Waals surface area contributed by atoms with Gasteiger partial charge in [0.2, 0.25) is 0 Å². The minimum absolute atomic E-state index is 0.0314. The Morgan fingerprint density at radius 3 is 2.75 bits per heavy atom. The fraction of sp³-hybridized carbons (Fsp3) is 0.391. The second-order valence-corrected chi connectivity index (χ2v) is 7.60. The van der Waals surface area contributed by atoms with Gasteiger partial charge in [0.05, 0.1) is 12.1 Å². The van der Waals surface area contributed by atoms with Crippen molar-refractivity contribution in [3.63, 3.8) is 0 Å². The first kappa shape index (κ1) is 18.5. The Hall–Kier alpha value is -2.82. The zero-order chi connectivity index (χ0) is 19.5. The monoisotopic (exact) mass is 377 g/mol. The van der Waals surface area contributed by atoms with Crippen molar-refractivity contribution < 1.29 is 9.21 Å². The third-order valence-corrected chi connectivity index (χ3v) is 5.72. The van der Waals surface area contributed by atoms with E-state index in [2.05, 4.69) is 23.3 Å². The number of nitrogens with zero attached hydrogens (tertiary/aromatic N) is 2. The highest BCUT2D eigenvalue weighted by Gasteiger charge is 2.28. The van der Waals surface area contributed by atoms with Crippen molar-refractivity contribution in [2.24, 2.45) is 0 Å². The molecule has 1 aromatic carbocycles. The van der Waals surface area contributed by atoms with Crippen LogP contribution < -0.4 is 5.32 Å². The van der Waals surface area contributed by atoms with E-state index in [1.807, 2.05) is 42.2 Å². The average molecular weight is 377 g/mol. The number of para-hydroxylation sites is 1. The van der Waals surface area contributed by atoms with Crippen LogP contribution in [0.25, 0.3) is 11.0 Å². The van der Waals surface area contributed by atoms with Gasteiger partial charge in [-0.05, 0) is 50.5 Å². The standard InChI is InChI=1S/C23H27N3O2/c1-16-19-8-5-6-10-21(19)28-22(16)17(2)25-23(27)26-15-7-3-4-9-20(26)18-11-13-24-14-12-18/h5-6,8,10-14,17,20H,3-4,7,9,15H2,1-2H3,(H,25,27)/t17-,20+/m0/s1. The number of urea groups is 1. The lowest BCUT2D eigenvalue weighted by molar-refractivity contribution is 0.171. The Morgan fingerprint density at radius 1 is 1.18 bits per heavy atom. The summed E-state index contributed by atoms with van der Waals surface area (Å²) in [5, 5.41) is 4.27. The summed E-state index contributed by atoms with van der Waals surface area (Å²) in [5.41, 5.74) is 3.10. The molecular weight excluding hydrogens is 350 g/mol. The molecule has 1 aliphatic heterocycles. The molecule has 4 rings (SSSR count). The van der Waals surface area contributed by atoms with Crippen molar-refractivity contribution in [2.45, 2.75) is 51.6 Å². The number of hydrogen-bond donors (Lipinski definition) is 1. The zero-order valence-electron chi connectivity index (χ0n) is 16.5. The number of rotatable bonds is 3. The molecule has 5 nitrogen and oxygen atoms in total. The number of hydrogen-bond acceptors (Lipinski definition) is 3. The number of nitrogens with one attached hydrogen (secondary N) is 1. The molecule has 0 aliphatic carbocycles. The predicted molar refractivity (Wildman–Crippen MR) is 110 cm³/mol. The molecule has 28 heavy (non-hydrogen) atoms. The average Bonchev–Trinajstić information content (AvgIpc) is 2.90. The molecule has 2 aromatic heterocycles. The highest BCUT2D eigenvalue weighted by molar-refractivity contribution is 5.82. The Morgan fingerprint density at radius 2 is 1.96 bits per heavy atom. The minimum Gasteiger partial charge on any atom is -0.459 e. The molecule has 2 atom stereocenters. The molecule has 5 heteroatoms. The fourth-order valence-corrected chi connectivity index (χ4v) is 4.22. The van der Waals surface area contributed by atoms with Gasteiger partial charge in [0.1, 0.15) is 11.3 Å². The SMILES string of the molecule is Cc1c([C@H](C)NC(=O)N2CCCCC[C@@H]2c2ccncc2)oc2ccccc12. The summed E-state index contributed by atoms with van der Waals surface area (Å²) in [5.74, 6) is 0.824. The van der Waals surface area contributed by atoms with Crippen LogP contribution in [-0.2, 0) is 0 Å². The number of fused-ring (bicyclic) bond motifs is 1. The van der Waals surface area contributed by atoms with Crippen LogP contribution in [0, 0.1) is 6.92 Å². The van der Waals surface area contributed by atoms with Crippen molar-refractivity contribution in [2.75, 3.05) is 6.54 Å². The third-order valence-electron chi connectivity index (χ3n) is 5.72. The second-order valence-electron chi connectivity index (χ2n) is 7.60. The number of amides is 2. The molecule has 0 saturated carbocycles. The molecule has 0 radical (unpaired) electrons. The maximum Gasteiger partial charge on any atom is 0.318 e. The van der Waals surface area contributed by atoms with E-state index in [-0.39, 0.29) is 18.1 Å². The highest BCUT2D eigenvalue weighted by atomic mass is 16.3. The molecule has 1 saturated heterocycles. The lowest BCUT2D eigenvalue weighted by atomic mass is 10.0. The van der Waals surface area contributed by atoms with Crippen LogP contribution in [0.15, 0.2) is 53.2 Å². The fourth-order valence-electron chi connectivity index (χ4n) is 4.22. The van der Waals surface area contributed by atoms with Gasteiger partial charge in [-0.1, -0.05) is 31.0 Å². The number of furan rings is 1. The number of aryl methyl sites for hydroxylation is 1. The van der Waals surface area contributed by atoms with Crippen molar-refractivity contribution >= 4 is 17.0 Å². The van der Waals surface area contributed by atoms with Gasteiger partial charge in [0, 0.05) is 29.9 Å². The van der Waals surface area contributed by atoms with Crippen LogP contribution in [0.2, 0.25) is 0 Å². The minimum atomic E-state index is -0.193. The zero-order valence-corrected chi connectivity index (χ0v) is 16.5. The maximum absolute atomic E-state index is 13.2. The smallest absolute Gasteiger partial charge is 0.318 e. The molecule has 1 aliphatic rings. The number of likely N-dealkylation sites (tertiary alicyclic amines) is 1. The van der Waals surface area contributed by atoms with Gasteiger partial charge >= 0.3 is 6.03 Å². The van der Waals surface area contributed by atoms with Gasteiger partial charge in [-0.15, -0.1) is 0 Å². The van der Waals surface area contributed by atoms with E-state index in [4.69, 9.17) is 4.42 Å². The molecule has 146 valence electrons. The Bertz CT molecular complexity index is 951. The second kappa shape index (κ2) is 8.05. The van der Waals surface area contributed by atoms with Crippen molar-refractivity contribution in [1.82, 2.24) is 15.2 Å². The van der Waals surface area contributed by atoms with Crippen molar-refractivity contribution in [3.05, 3.63) is 65.7 Å². The van der Waals surface area contributed by atoms with Crippen LogP contribution in [0.3, 0.4) is 0 Å². The molecule has 0 bridgehead atoms. The summed E-state index contributed by atoms with van der Waals surface area (Å²) in [6.07, 6.45) is 7.91. The lowest BCUT2D eigenvalue weighted by Crippen LogP contribution is -2.43. The Balaban J connectivity index is 1.55. The lowest BCUT2D eigenvalue weighted by Gasteiger charge is -2.31. The van der Waals surface area contributed by atoms with Gasteiger partial charge in [-0.2, -0.15) is 0 Å². The quantitative estimate of drug-likeness (QED) is 0.653. The molecule has 3 heterocycles. The number of aromatic nitrogens is 1. The van der Waals surface area contributed by atoms with Crippen LogP contribution >= 0.6 is 0 Å². The normalized spacial score (nSPS) is 18.6. The summed E-state index contributed by atoms with van der Waals surface area (Å²) >= 11 is 0. The van der Waals surface area contributed by atoms with Gasteiger partial charge in [-0.25, -0.2) is 4.79 Å². The van der Waals surface area contributed by atoms with E-state index >= 15 is 0 Å². The summed E-state index contributed by atoms with van der Waals surface area (Å²) in [7, 11) is 0. The van der Waals surface area contributed by atoms with E-state index in [1.54, 1.807) is 12.4 Å². The van der Waals surface area contributed by atoms with Crippen LogP contribution in [0.1, 0.15) is 61.6 Å². The van der Waals surface area contributed by atoms with E-state index in [9.17, 15) is 4.79 Å². The number of carbonyl (C=O) groups excluding carboxylic acids is 1. The van der Waals surface area contributed by atoms with Crippen molar-refractivity contribution in [1.29, 1.82) is 0 Å². The summed E-state index contributed by atoms with van der Waals surface area (Å²) < 4.78 is 6.04. The van der Waals surface area contributed by atoms with Gasteiger partial charge in [0.15, 0.2) is 0 Å². The Labute approximate surface area is 165 Å². The molecule has 2 amide bonds. The summed E-state index contributed by atoms with van der Waals surface area (Å²) in [6.45, 7) is 4.81. The highest BCUT2D eigenvalue weighted by Crippen LogP contribution is 2.32. The first-order valence-electron chi connectivity index (χ1n) is 10.1. The van der Waals surface area contributed by atoms with E-state index in [1.165, 1.54) is 0 Å². The third kappa shape index (κ3) is 3.61. The first-order chi connectivity index (χ1) is 13.6. The van der Waals surface area contributed by atoms with E-state index in [0.29, 0.717) is 0 Å². The first-order valence-corrected chi connectivity index (χ1v) is 10.1. The summed E-state index contributed by atoms with van der Waals surface area (Å²) in [6, 6.07) is 11.9. The molecule has 0 spiro atoms. The molecule has 1 fully saturated rings. The number of benzene rings is 1. The van der Waals surface area contributed by atoms with E-state index < -0.39 is 0 Å². The van der Waals surface area contributed by atoms with Gasteiger partial charge in [-0.3, -0.25) is 4.98 Å². The predicted octanol–water partition coefficient (Wildman–Crippen LogP) is 5.52. The van der Waals surface area contributed by atoms with Crippen LogP contribution in [-0.4, -0.2) is 22.5 Å². The van der Waals surface area contributed by atoms with E-state index in [0.717, 1.165) is 60.1 Å². The molecule has 0 unspecified atom stereocenters. The summed E-state index contributed by atoms with van der Waals surface area (Å²) in [4.78, 5) is 19.3. The van der Waals surface area contributed by atoms with Gasteiger partial charge < -0.3 is 14.6 Å². The van der Waals surface area contributed by atoms with Crippen molar-refractivity contribution in [3.8, 4) is 0 Å². The Kier molecular flexibility index (Phi) is 5.33. The number of carbonyl (C=O) groups is 1.